The highest BCUT2D eigenvalue weighted by Gasteiger charge is 2.09. The van der Waals surface area contributed by atoms with Crippen molar-refractivity contribution in [1.29, 1.82) is 0 Å². The average Bonchev–Trinajstić information content (AvgIpc) is 2.69. The Kier molecular flexibility index (Phi) is 5.94. The van der Waals surface area contributed by atoms with Crippen molar-refractivity contribution >= 4 is 28.9 Å². The van der Waals surface area contributed by atoms with E-state index < -0.39 is 0 Å². The zero-order chi connectivity index (χ0) is 19.2. The second-order valence-corrected chi connectivity index (χ2v) is 6.48. The molecule has 0 atom stereocenters. The van der Waals surface area contributed by atoms with Gasteiger partial charge in [0.15, 0.2) is 0 Å². The van der Waals surface area contributed by atoms with Crippen LogP contribution in [0.25, 0.3) is 0 Å². The van der Waals surface area contributed by atoms with Crippen molar-refractivity contribution in [3.05, 3.63) is 82.6 Å². The summed E-state index contributed by atoms with van der Waals surface area (Å²) >= 11 is 6.06. The minimum atomic E-state index is -0.208. The molecule has 1 aromatic heterocycles. The molecule has 0 aliphatic rings. The first-order valence-corrected chi connectivity index (χ1v) is 8.83. The van der Waals surface area contributed by atoms with E-state index in [9.17, 15) is 4.79 Å². The molecular weight excluding hydrogens is 362 g/mol. The van der Waals surface area contributed by atoms with E-state index >= 15 is 0 Å². The lowest BCUT2D eigenvalue weighted by Gasteiger charge is -2.12. The number of nitrogens with zero attached hydrogens (tertiary/aromatic N) is 1. The molecule has 0 unspecified atom stereocenters. The van der Waals surface area contributed by atoms with Gasteiger partial charge >= 0.3 is 0 Å². The number of carbonyl (C=O) groups is 1. The van der Waals surface area contributed by atoms with E-state index in [1.165, 1.54) is 6.20 Å². The molecule has 27 heavy (non-hydrogen) atoms. The Bertz CT molecular complexity index is 960. The highest BCUT2D eigenvalue weighted by Crippen LogP contribution is 2.24. The summed E-state index contributed by atoms with van der Waals surface area (Å²) in [5.41, 5.74) is 4.01. The fourth-order valence-corrected chi connectivity index (χ4v) is 2.82. The fourth-order valence-electron chi connectivity index (χ4n) is 2.64. The van der Waals surface area contributed by atoms with Crippen LogP contribution in [0.5, 0.6) is 5.75 Å². The maximum atomic E-state index is 12.5. The van der Waals surface area contributed by atoms with E-state index in [-0.39, 0.29) is 5.91 Å². The van der Waals surface area contributed by atoms with Crippen molar-refractivity contribution in [1.82, 2.24) is 10.3 Å². The maximum absolute atomic E-state index is 12.5. The van der Waals surface area contributed by atoms with E-state index in [4.69, 9.17) is 16.3 Å². The van der Waals surface area contributed by atoms with E-state index in [1.54, 1.807) is 19.4 Å². The van der Waals surface area contributed by atoms with Gasteiger partial charge in [-0.2, -0.15) is 0 Å². The molecule has 0 aliphatic carbocycles. The predicted octanol–water partition coefficient (Wildman–Crippen LogP) is 4.73. The van der Waals surface area contributed by atoms with Gasteiger partial charge in [0.05, 0.1) is 24.6 Å². The Morgan fingerprint density at radius 3 is 2.78 bits per heavy atom. The SMILES string of the molecule is COc1ccccc1CNC(=O)c1cncc(Nc2cc(Cl)ccc2C)c1. The lowest BCUT2D eigenvalue weighted by atomic mass is 10.1. The molecule has 0 aliphatic heterocycles. The minimum Gasteiger partial charge on any atom is -0.496 e. The van der Waals surface area contributed by atoms with Crippen molar-refractivity contribution in [2.24, 2.45) is 0 Å². The standard InChI is InChI=1S/C21H20ClN3O2/c1-14-7-8-17(22)10-19(14)25-18-9-16(11-23-13-18)21(26)24-12-15-5-3-4-6-20(15)27-2/h3-11,13,25H,12H2,1-2H3,(H,24,26). The van der Waals surface area contributed by atoms with Gasteiger partial charge in [0.2, 0.25) is 0 Å². The third-order valence-electron chi connectivity index (χ3n) is 4.11. The van der Waals surface area contributed by atoms with Gasteiger partial charge < -0.3 is 15.4 Å². The number of rotatable bonds is 6. The van der Waals surface area contributed by atoms with Gasteiger partial charge in [-0.3, -0.25) is 9.78 Å². The van der Waals surface area contributed by atoms with Crippen LogP contribution in [0.3, 0.4) is 0 Å². The van der Waals surface area contributed by atoms with Crippen LogP contribution in [0, 0.1) is 6.92 Å². The molecular formula is C21H20ClN3O2. The molecule has 6 heteroatoms. The monoisotopic (exact) mass is 381 g/mol. The summed E-state index contributed by atoms with van der Waals surface area (Å²) in [6.45, 7) is 2.35. The van der Waals surface area contributed by atoms with Gasteiger partial charge in [-0.05, 0) is 36.8 Å². The Labute approximate surface area is 163 Å². The normalized spacial score (nSPS) is 10.3. The van der Waals surface area contributed by atoms with Crippen LogP contribution in [-0.4, -0.2) is 18.0 Å². The number of aryl methyl sites for hydroxylation is 1. The van der Waals surface area contributed by atoms with E-state index in [2.05, 4.69) is 15.6 Å². The first-order chi connectivity index (χ1) is 13.1. The van der Waals surface area contributed by atoms with Crippen LogP contribution in [0.2, 0.25) is 5.02 Å². The summed E-state index contributed by atoms with van der Waals surface area (Å²) < 4.78 is 5.31. The maximum Gasteiger partial charge on any atom is 0.253 e. The Morgan fingerprint density at radius 1 is 1.15 bits per heavy atom. The number of amides is 1. The van der Waals surface area contributed by atoms with Gasteiger partial charge in [0, 0.05) is 29.0 Å². The summed E-state index contributed by atoms with van der Waals surface area (Å²) in [5, 5.41) is 6.79. The van der Waals surface area contributed by atoms with Gasteiger partial charge in [0.25, 0.3) is 5.91 Å². The first kappa shape index (κ1) is 18.7. The molecule has 5 nitrogen and oxygen atoms in total. The number of nitrogens with one attached hydrogen (secondary N) is 2. The van der Waals surface area contributed by atoms with E-state index in [1.807, 2.05) is 49.4 Å². The number of methoxy groups -OCH3 is 1. The van der Waals surface area contributed by atoms with Gasteiger partial charge in [-0.15, -0.1) is 0 Å². The summed E-state index contributed by atoms with van der Waals surface area (Å²) in [6.07, 6.45) is 3.20. The van der Waals surface area contributed by atoms with Gasteiger partial charge in [0.1, 0.15) is 5.75 Å². The number of halogens is 1. The van der Waals surface area contributed by atoms with Crippen molar-refractivity contribution in [3.8, 4) is 5.75 Å². The Hall–Kier alpha value is -3.05. The quantitative estimate of drug-likeness (QED) is 0.648. The highest BCUT2D eigenvalue weighted by molar-refractivity contribution is 6.30. The minimum absolute atomic E-state index is 0.208. The molecule has 3 aromatic rings. The number of benzene rings is 2. The molecule has 0 saturated heterocycles. The summed E-state index contributed by atoms with van der Waals surface area (Å²) in [7, 11) is 1.61. The van der Waals surface area contributed by atoms with Crippen LogP contribution in [0.15, 0.2) is 60.9 Å². The molecule has 1 heterocycles. The van der Waals surface area contributed by atoms with Crippen LogP contribution >= 0.6 is 11.6 Å². The second-order valence-electron chi connectivity index (χ2n) is 6.04. The number of carbonyl (C=O) groups excluding carboxylic acids is 1. The van der Waals surface area contributed by atoms with Crippen LogP contribution < -0.4 is 15.4 Å². The third-order valence-corrected chi connectivity index (χ3v) is 4.35. The van der Waals surface area contributed by atoms with E-state index in [0.29, 0.717) is 22.8 Å². The molecule has 0 bridgehead atoms. The molecule has 0 saturated carbocycles. The summed E-state index contributed by atoms with van der Waals surface area (Å²) in [4.78, 5) is 16.7. The number of para-hydroxylation sites is 1. The largest absolute Gasteiger partial charge is 0.496 e. The molecule has 3 rings (SSSR count). The lowest BCUT2D eigenvalue weighted by Crippen LogP contribution is -2.23. The number of ether oxygens (including phenoxy) is 1. The third kappa shape index (κ3) is 4.77. The van der Waals surface area contributed by atoms with E-state index in [0.717, 1.165) is 22.6 Å². The number of pyridine rings is 1. The molecule has 0 spiro atoms. The van der Waals surface area contributed by atoms with Crippen molar-refractivity contribution in [3.63, 3.8) is 0 Å². The van der Waals surface area contributed by atoms with Crippen molar-refractivity contribution in [2.75, 3.05) is 12.4 Å². The van der Waals surface area contributed by atoms with Crippen LogP contribution in [0.1, 0.15) is 21.5 Å². The molecule has 0 fully saturated rings. The number of hydrogen-bond acceptors (Lipinski definition) is 4. The lowest BCUT2D eigenvalue weighted by molar-refractivity contribution is 0.0950. The number of anilines is 2. The van der Waals surface area contributed by atoms with Crippen molar-refractivity contribution < 1.29 is 9.53 Å². The number of hydrogen-bond donors (Lipinski definition) is 2. The predicted molar refractivity (Wildman–Crippen MR) is 108 cm³/mol. The zero-order valence-corrected chi connectivity index (χ0v) is 15.9. The molecule has 0 radical (unpaired) electrons. The smallest absolute Gasteiger partial charge is 0.253 e. The Morgan fingerprint density at radius 2 is 1.96 bits per heavy atom. The zero-order valence-electron chi connectivity index (χ0n) is 15.1. The molecule has 138 valence electrons. The summed E-state index contributed by atoms with van der Waals surface area (Å²) in [5.74, 6) is 0.530. The first-order valence-electron chi connectivity index (χ1n) is 8.45. The molecule has 1 amide bonds. The van der Waals surface area contributed by atoms with Gasteiger partial charge in [-0.1, -0.05) is 35.9 Å². The molecule has 2 aromatic carbocycles. The molecule has 2 N–H and O–H groups in total. The highest BCUT2D eigenvalue weighted by atomic mass is 35.5. The van der Waals surface area contributed by atoms with Crippen molar-refractivity contribution in [2.45, 2.75) is 13.5 Å². The number of aromatic nitrogens is 1. The topological polar surface area (TPSA) is 63.2 Å². The van der Waals surface area contributed by atoms with Crippen LogP contribution in [0.4, 0.5) is 11.4 Å². The fraction of sp³-hybridized carbons (Fsp3) is 0.143. The average molecular weight is 382 g/mol. The van der Waals surface area contributed by atoms with Crippen LogP contribution in [-0.2, 0) is 6.54 Å². The second kappa shape index (κ2) is 8.56. The Balaban J connectivity index is 1.71. The summed E-state index contributed by atoms with van der Waals surface area (Å²) in [6, 6.07) is 14.9. The van der Waals surface area contributed by atoms with Gasteiger partial charge in [-0.25, -0.2) is 0 Å².